The van der Waals surface area contributed by atoms with E-state index in [9.17, 15) is 0 Å². The third-order valence-corrected chi connectivity index (χ3v) is 4.37. The lowest BCUT2D eigenvalue weighted by Gasteiger charge is -2.28. The molecule has 4 unspecified atom stereocenters. The molecule has 1 aliphatic carbocycles. The lowest BCUT2D eigenvalue weighted by molar-refractivity contribution is 0.293. The monoisotopic (exact) mass is 215 g/mol. The molecule has 1 aromatic rings. The van der Waals surface area contributed by atoms with Gasteiger partial charge in [-0.05, 0) is 56.0 Å². The van der Waals surface area contributed by atoms with E-state index in [-0.39, 0.29) is 0 Å². The van der Waals surface area contributed by atoms with E-state index >= 15 is 0 Å². The van der Waals surface area contributed by atoms with Gasteiger partial charge in [-0.3, -0.25) is 0 Å². The standard InChI is InChI=1S/C15H21N/c1-11-7-8-13(10-16-11)15-9-14(15)12-5-3-2-4-6-12/h2-6,11,13-16H,7-10H2,1H3. The Bertz CT molecular complexity index is 338. The van der Waals surface area contributed by atoms with Crippen LogP contribution in [0.2, 0.25) is 0 Å². The summed E-state index contributed by atoms with van der Waals surface area (Å²) in [5, 5.41) is 3.63. The molecule has 16 heavy (non-hydrogen) atoms. The number of nitrogens with one attached hydrogen (secondary N) is 1. The molecule has 1 heteroatoms. The van der Waals surface area contributed by atoms with Gasteiger partial charge >= 0.3 is 0 Å². The number of piperidine rings is 1. The summed E-state index contributed by atoms with van der Waals surface area (Å²) in [7, 11) is 0. The van der Waals surface area contributed by atoms with E-state index in [4.69, 9.17) is 0 Å². The second-order valence-electron chi connectivity index (χ2n) is 5.56. The highest BCUT2D eigenvalue weighted by atomic mass is 14.9. The first-order chi connectivity index (χ1) is 7.84. The largest absolute Gasteiger partial charge is 0.314 e. The molecule has 0 radical (unpaired) electrons. The van der Waals surface area contributed by atoms with Gasteiger partial charge in [-0.25, -0.2) is 0 Å². The maximum atomic E-state index is 3.63. The van der Waals surface area contributed by atoms with E-state index in [0.29, 0.717) is 0 Å². The van der Waals surface area contributed by atoms with Crippen LogP contribution in [0.5, 0.6) is 0 Å². The Balaban J connectivity index is 1.60. The fourth-order valence-corrected chi connectivity index (χ4v) is 3.21. The van der Waals surface area contributed by atoms with Crippen LogP contribution in [0, 0.1) is 11.8 Å². The molecular formula is C15H21N. The zero-order valence-corrected chi connectivity index (χ0v) is 10.0. The Kier molecular flexibility index (Phi) is 2.72. The van der Waals surface area contributed by atoms with Gasteiger partial charge in [0.25, 0.3) is 0 Å². The van der Waals surface area contributed by atoms with Crippen LogP contribution in [-0.4, -0.2) is 12.6 Å². The van der Waals surface area contributed by atoms with E-state index in [1.807, 2.05) is 0 Å². The van der Waals surface area contributed by atoms with Crippen molar-refractivity contribution >= 4 is 0 Å². The highest BCUT2D eigenvalue weighted by Gasteiger charge is 2.43. The SMILES string of the molecule is CC1CCC(C2CC2c2ccccc2)CN1. The molecule has 2 aliphatic rings. The molecule has 4 atom stereocenters. The molecule has 1 aromatic carbocycles. The van der Waals surface area contributed by atoms with Crippen molar-refractivity contribution in [3.63, 3.8) is 0 Å². The van der Waals surface area contributed by atoms with Gasteiger partial charge in [0.2, 0.25) is 0 Å². The molecule has 0 spiro atoms. The van der Waals surface area contributed by atoms with Crippen molar-refractivity contribution in [1.29, 1.82) is 0 Å². The molecule has 1 aliphatic heterocycles. The van der Waals surface area contributed by atoms with E-state index in [2.05, 4.69) is 42.6 Å². The average Bonchev–Trinajstić information content (AvgIpc) is 3.11. The Hall–Kier alpha value is -0.820. The van der Waals surface area contributed by atoms with Gasteiger partial charge in [0.15, 0.2) is 0 Å². The van der Waals surface area contributed by atoms with E-state index < -0.39 is 0 Å². The van der Waals surface area contributed by atoms with Gasteiger partial charge in [0, 0.05) is 6.04 Å². The lowest BCUT2D eigenvalue weighted by Crippen LogP contribution is -2.37. The van der Waals surface area contributed by atoms with Gasteiger partial charge < -0.3 is 5.32 Å². The van der Waals surface area contributed by atoms with Crippen LogP contribution in [0.15, 0.2) is 30.3 Å². The predicted octanol–water partition coefficient (Wildman–Crippen LogP) is 3.18. The molecule has 1 saturated heterocycles. The second-order valence-corrected chi connectivity index (χ2v) is 5.56. The molecule has 0 amide bonds. The van der Waals surface area contributed by atoms with Crippen molar-refractivity contribution in [2.75, 3.05) is 6.54 Å². The van der Waals surface area contributed by atoms with E-state index in [0.717, 1.165) is 23.8 Å². The third kappa shape index (κ3) is 2.01. The third-order valence-electron chi connectivity index (χ3n) is 4.37. The van der Waals surface area contributed by atoms with Gasteiger partial charge in [-0.15, -0.1) is 0 Å². The summed E-state index contributed by atoms with van der Waals surface area (Å²) in [4.78, 5) is 0. The Labute approximate surface area is 98.3 Å². The van der Waals surface area contributed by atoms with E-state index in [1.165, 1.54) is 25.8 Å². The Morgan fingerprint density at radius 3 is 2.62 bits per heavy atom. The fraction of sp³-hybridized carbons (Fsp3) is 0.600. The van der Waals surface area contributed by atoms with Gasteiger partial charge in [0.1, 0.15) is 0 Å². The second kappa shape index (κ2) is 4.21. The summed E-state index contributed by atoms with van der Waals surface area (Å²) in [5.74, 6) is 2.75. The Morgan fingerprint density at radius 1 is 1.12 bits per heavy atom. The maximum Gasteiger partial charge on any atom is 0.00389 e. The van der Waals surface area contributed by atoms with Gasteiger partial charge in [-0.1, -0.05) is 30.3 Å². The van der Waals surface area contributed by atoms with Crippen LogP contribution in [0.1, 0.15) is 37.7 Å². The molecule has 1 nitrogen and oxygen atoms in total. The van der Waals surface area contributed by atoms with Crippen LogP contribution in [-0.2, 0) is 0 Å². The molecule has 0 aromatic heterocycles. The minimum Gasteiger partial charge on any atom is -0.314 e. The highest BCUT2D eigenvalue weighted by Crippen LogP contribution is 2.53. The van der Waals surface area contributed by atoms with Crippen LogP contribution >= 0.6 is 0 Å². The smallest absolute Gasteiger partial charge is 0.00389 e. The zero-order valence-electron chi connectivity index (χ0n) is 10.0. The van der Waals surface area contributed by atoms with Crippen molar-refractivity contribution in [3.05, 3.63) is 35.9 Å². The van der Waals surface area contributed by atoms with E-state index in [1.54, 1.807) is 5.56 Å². The van der Waals surface area contributed by atoms with Crippen LogP contribution in [0.3, 0.4) is 0 Å². The molecule has 2 fully saturated rings. The van der Waals surface area contributed by atoms with Crippen molar-refractivity contribution in [1.82, 2.24) is 5.32 Å². The van der Waals surface area contributed by atoms with Crippen molar-refractivity contribution < 1.29 is 0 Å². The number of hydrogen-bond donors (Lipinski definition) is 1. The quantitative estimate of drug-likeness (QED) is 0.799. The van der Waals surface area contributed by atoms with Crippen molar-refractivity contribution in [2.45, 2.75) is 38.1 Å². The topological polar surface area (TPSA) is 12.0 Å². The van der Waals surface area contributed by atoms with Crippen LogP contribution in [0.4, 0.5) is 0 Å². The number of rotatable bonds is 2. The van der Waals surface area contributed by atoms with Gasteiger partial charge in [0.05, 0.1) is 0 Å². The normalized spacial score (nSPS) is 38.3. The van der Waals surface area contributed by atoms with Gasteiger partial charge in [-0.2, -0.15) is 0 Å². The minimum atomic E-state index is 0.741. The average molecular weight is 215 g/mol. The molecule has 0 bridgehead atoms. The minimum absolute atomic E-state index is 0.741. The first-order valence-electron chi connectivity index (χ1n) is 6.63. The number of hydrogen-bond acceptors (Lipinski definition) is 1. The summed E-state index contributed by atoms with van der Waals surface area (Å²) in [6.07, 6.45) is 4.22. The Morgan fingerprint density at radius 2 is 1.94 bits per heavy atom. The molecule has 86 valence electrons. The van der Waals surface area contributed by atoms with Crippen molar-refractivity contribution in [3.8, 4) is 0 Å². The first-order valence-corrected chi connectivity index (χ1v) is 6.63. The molecular weight excluding hydrogens is 194 g/mol. The predicted molar refractivity (Wildman–Crippen MR) is 67.5 cm³/mol. The summed E-state index contributed by atoms with van der Waals surface area (Å²) >= 11 is 0. The summed E-state index contributed by atoms with van der Waals surface area (Å²) in [6, 6.07) is 11.8. The van der Waals surface area contributed by atoms with Crippen LogP contribution < -0.4 is 5.32 Å². The first kappa shape index (κ1) is 10.3. The molecule has 1 saturated carbocycles. The fourth-order valence-electron chi connectivity index (χ4n) is 3.21. The summed E-state index contributed by atoms with van der Waals surface area (Å²) in [5.41, 5.74) is 1.56. The van der Waals surface area contributed by atoms with Crippen LogP contribution in [0.25, 0.3) is 0 Å². The molecule has 3 rings (SSSR count). The van der Waals surface area contributed by atoms with Crippen molar-refractivity contribution in [2.24, 2.45) is 11.8 Å². The highest BCUT2D eigenvalue weighted by molar-refractivity contribution is 5.26. The summed E-state index contributed by atoms with van der Waals surface area (Å²) < 4.78 is 0. The zero-order chi connectivity index (χ0) is 11.0. The number of benzene rings is 1. The molecule has 1 heterocycles. The lowest BCUT2D eigenvalue weighted by atomic mass is 9.89. The summed E-state index contributed by atoms with van der Waals surface area (Å²) in [6.45, 7) is 3.55. The molecule has 1 N–H and O–H groups in total. The maximum absolute atomic E-state index is 3.63.